The van der Waals surface area contributed by atoms with Crippen molar-refractivity contribution in [3.05, 3.63) is 41.1 Å². The van der Waals surface area contributed by atoms with Gasteiger partial charge in [-0.25, -0.2) is 4.98 Å². The van der Waals surface area contributed by atoms with Crippen LogP contribution in [0.25, 0.3) is 0 Å². The van der Waals surface area contributed by atoms with Gasteiger partial charge in [-0.3, -0.25) is 4.98 Å². The van der Waals surface area contributed by atoms with Crippen LogP contribution in [0.15, 0.2) is 24.5 Å². The Morgan fingerprint density at radius 3 is 2.74 bits per heavy atom. The summed E-state index contributed by atoms with van der Waals surface area (Å²) in [6, 6.07) is 3.97. The van der Waals surface area contributed by atoms with Gasteiger partial charge in [-0.05, 0) is 49.1 Å². The van der Waals surface area contributed by atoms with E-state index >= 15 is 0 Å². The lowest BCUT2D eigenvalue weighted by atomic mass is 10.1. The highest BCUT2D eigenvalue weighted by molar-refractivity contribution is 6.28. The smallest absolute Gasteiger partial charge is 0.241 e. The van der Waals surface area contributed by atoms with E-state index < -0.39 is 0 Å². The Bertz CT molecular complexity index is 548. The number of halogens is 1. The third-order valence-electron chi connectivity index (χ3n) is 2.67. The van der Waals surface area contributed by atoms with Crippen molar-refractivity contribution < 1.29 is 4.74 Å². The minimum Gasteiger partial charge on any atom is -0.476 e. The third-order valence-corrected chi connectivity index (χ3v) is 2.84. The van der Waals surface area contributed by atoms with Crippen LogP contribution >= 0.6 is 11.6 Å². The molecule has 0 unspecified atom stereocenters. The molecule has 0 aliphatic rings. The standard InChI is InChI=1S/C13H15ClN4O/c1-9-11(15)12(18-13(14)17-9)19-8-2-3-10-4-6-16-7-5-10/h4-7H,2-3,8,15H2,1H3. The number of aryl methyl sites for hydroxylation is 2. The highest BCUT2D eigenvalue weighted by Crippen LogP contribution is 2.22. The molecule has 0 radical (unpaired) electrons. The summed E-state index contributed by atoms with van der Waals surface area (Å²) in [5, 5.41) is 0.149. The number of hydrogen-bond acceptors (Lipinski definition) is 5. The van der Waals surface area contributed by atoms with Crippen LogP contribution in [0.5, 0.6) is 5.88 Å². The zero-order valence-electron chi connectivity index (χ0n) is 10.6. The molecule has 0 aliphatic carbocycles. The first-order valence-electron chi connectivity index (χ1n) is 5.98. The van der Waals surface area contributed by atoms with E-state index in [4.69, 9.17) is 22.1 Å². The van der Waals surface area contributed by atoms with Crippen molar-refractivity contribution in [1.29, 1.82) is 0 Å². The highest BCUT2D eigenvalue weighted by Gasteiger charge is 2.08. The molecule has 0 fully saturated rings. The summed E-state index contributed by atoms with van der Waals surface area (Å²) in [5.41, 5.74) is 8.12. The van der Waals surface area contributed by atoms with Crippen LogP contribution in [0.1, 0.15) is 17.7 Å². The number of rotatable bonds is 5. The largest absolute Gasteiger partial charge is 0.476 e. The highest BCUT2D eigenvalue weighted by atomic mass is 35.5. The molecule has 2 rings (SSSR count). The van der Waals surface area contributed by atoms with Crippen molar-refractivity contribution in [2.75, 3.05) is 12.3 Å². The first-order chi connectivity index (χ1) is 9.16. The summed E-state index contributed by atoms with van der Waals surface area (Å²) < 4.78 is 5.54. The summed E-state index contributed by atoms with van der Waals surface area (Å²) in [5.74, 6) is 0.354. The first kappa shape index (κ1) is 13.5. The average Bonchev–Trinajstić information content (AvgIpc) is 2.41. The molecule has 2 aromatic rings. The van der Waals surface area contributed by atoms with E-state index in [1.165, 1.54) is 5.56 Å². The van der Waals surface area contributed by atoms with Gasteiger partial charge in [0.2, 0.25) is 11.2 Å². The number of ether oxygens (including phenoxy) is 1. The summed E-state index contributed by atoms with van der Waals surface area (Å²) in [6.45, 7) is 2.30. The SMILES string of the molecule is Cc1nc(Cl)nc(OCCCc2ccncc2)c1N. The fourth-order valence-corrected chi connectivity index (χ4v) is 1.83. The van der Waals surface area contributed by atoms with E-state index in [9.17, 15) is 0 Å². The lowest BCUT2D eigenvalue weighted by Gasteiger charge is -2.09. The van der Waals surface area contributed by atoms with Crippen molar-refractivity contribution in [1.82, 2.24) is 15.0 Å². The van der Waals surface area contributed by atoms with Crippen molar-refractivity contribution in [3.63, 3.8) is 0 Å². The second kappa shape index (κ2) is 6.33. The molecule has 0 atom stereocenters. The van der Waals surface area contributed by atoms with E-state index in [1.807, 2.05) is 12.1 Å². The van der Waals surface area contributed by atoms with Crippen LogP contribution in [0.3, 0.4) is 0 Å². The number of anilines is 1. The van der Waals surface area contributed by atoms with Gasteiger partial charge in [-0.15, -0.1) is 0 Å². The fraction of sp³-hybridized carbons (Fsp3) is 0.308. The molecule has 19 heavy (non-hydrogen) atoms. The van der Waals surface area contributed by atoms with Crippen molar-refractivity contribution in [3.8, 4) is 5.88 Å². The Hall–Kier alpha value is -1.88. The van der Waals surface area contributed by atoms with Gasteiger partial charge in [0.25, 0.3) is 0 Å². The fourth-order valence-electron chi connectivity index (χ4n) is 1.63. The number of hydrogen-bond donors (Lipinski definition) is 1. The molecule has 0 spiro atoms. The number of nitrogens with two attached hydrogens (primary N) is 1. The molecule has 0 saturated heterocycles. The lowest BCUT2D eigenvalue weighted by Crippen LogP contribution is -2.06. The quantitative estimate of drug-likeness (QED) is 0.672. The maximum absolute atomic E-state index is 5.83. The van der Waals surface area contributed by atoms with Gasteiger partial charge < -0.3 is 10.5 Å². The number of pyridine rings is 1. The van der Waals surface area contributed by atoms with Crippen molar-refractivity contribution in [2.45, 2.75) is 19.8 Å². The van der Waals surface area contributed by atoms with Crippen LogP contribution in [-0.2, 0) is 6.42 Å². The van der Waals surface area contributed by atoms with E-state index in [1.54, 1.807) is 19.3 Å². The maximum atomic E-state index is 5.83. The molecule has 0 amide bonds. The molecular weight excluding hydrogens is 264 g/mol. The van der Waals surface area contributed by atoms with Crippen molar-refractivity contribution in [2.24, 2.45) is 0 Å². The Labute approximate surface area is 116 Å². The lowest BCUT2D eigenvalue weighted by molar-refractivity contribution is 0.300. The average molecular weight is 279 g/mol. The molecule has 2 N–H and O–H groups in total. The summed E-state index contributed by atoms with van der Waals surface area (Å²) in [4.78, 5) is 11.9. The predicted octanol–water partition coefficient (Wildman–Crippen LogP) is 2.43. The second-order valence-corrected chi connectivity index (χ2v) is 4.44. The van der Waals surface area contributed by atoms with E-state index in [-0.39, 0.29) is 5.28 Å². The Morgan fingerprint density at radius 1 is 1.26 bits per heavy atom. The third kappa shape index (κ3) is 3.79. The zero-order chi connectivity index (χ0) is 13.7. The maximum Gasteiger partial charge on any atom is 0.241 e. The van der Waals surface area contributed by atoms with Crippen LogP contribution in [0.2, 0.25) is 5.28 Å². The molecule has 100 valence electrons. The molecule has 0 bridgehead atoms. The van der Waals surface area contributed by atoms with E-state index in [0.717, 1.165) is 12.8 Å². The minimum atomic E-state index is 0.149. The van der Waals surface area contributed by atoms with Gasteiger partial charge in [0.1, 0.15) is 5.69 Å². The number of aromatic nitrogens is 3. The van der Waals surface area contributed by atoms with Gasteiger partial charge in [0.15, 0.2) is 0 Å². The molecule has 2 heterocycles. The van der Waals surface area contributed by atoms with Crippen molar-refractivity contribution >= 4 is 17.3 Å². The minimum absolute atomic E-state index is 0.149. The van der Waals surface area contributed by atoms with Crippen LogP contribution in [-0.4, -0.2) is 21.6 Å². The molecular formula is C13H15ClN4O. The Kier molecular flexibility index (Phi) is 4.52. The van der Waals surface area contributed by atoms with Gasteiger partial charge >= 0.3 is 0 Å². The van der Waals surface area contributed by atoms with Gasteiger partial charge in [-0.2, -0.15) is 4.98 Å². The number of nitrogens with zero attached hydrogens (tertiary/aromatic N) is 3. The summed E-state index contributed by atoms with van der Waals surface area (Å²) in [7, 11) is 0. The molecule has 2 aromatic heterocycles. The molecule has 0 aliphatic heterocycles. The zero-order valence-corrected chi connectivity index (χ0v) is 11.4. The van der Waals surface area contributed by atoms with Gasteiger partial charge in [-0.1, -0.05) is 0 Å². The second-order valence-electron chi connectivity index (χ2n) is 4.10. The van der Waals surface area contributed by atoms with Crippen LogP contribution in [0.4, 0.5) is 5.69 Å². The molecule has 6 heteroatoms. The summed E-state index contributed by atoms with van der Waals surface area (Å²) >= 11 is 5.77. The first-order valence-corrected chi connectivity index (χ1v) is 6.36. The number of nitrogen functional groups attached to an aromatic ring is 1. The Morgan fingerprint density at radius 2 is 2.00 bits per heavy atom. The molecule has 0 saturated carbocycles. The Balaban J connectivity index is 1.86. The molecule has 0 aromatic carbocycles. The van der Waals surface area contributed by atoms with Crippen LogP contribution in [0, 0.1) is 6.92 Å². The monoisotopic (exact) mass is 278 g/mol. The van der Waals surface area contributed by atoms with Gasteiger partial charge in [0, 0.05) is 12.4 Å². The van der Waals surface area contributed by atoms with Crippen LogP contribution < -0.4 is 10.5 Å². The topological polar surface area (TPSA) is 73.9 Å². The van der Waals surface area contributed by atoms with E-state index in [2.05, 4.69) is 15.0 Å². The van der Waals surface area contributed by atoms with Gasteiger partial charge in [0.05, 0.1) is 12.3 Å². The summed E-state index contributed by atoms with van der Waals surface area (Å²) in [6.07, 6.45) is 5.34. The van der Waals surface area contributed by atoms with E-state index in [0.29, 0.717) is 23.9 Å². The molecule has 5 nitrogen and oxygen atoms in total. The predicted molar refractivity (Wildman–Crippen MR) is 74.2 cm³/mol. The normalized spacial score (nSPS) is 10.4.